The molecule has 1 aliphatic carbocycles. The normalized spacial score (nSPS) is 23.0. The van der Waals surface area contributed by atoms with Crippen molar-refractivity contribution in [2.45, 2.75) is 93.6 Å². The molecule has 0 radical (unpaired) electrons. The van der Waals surface area contributed by atoms with Crippen LogP contribution in [0.4, 0.5) is 0 Å². The standard InChI is InChI=1S/C21H32OS/c22-20-17-13-8-6-4-2-1-3-5-7-9-14-18-21(20)23-19-15-11-10-12-16-19/h10-12,15-16,21H,1-9,13-14,17-18H2. The highest BCUT2D eigenvalue weighted by molar-refractivity contribution is 8.00. The van der Waals surface area contributed by atoms with Gasteiger partial charge in [0.1, 0.15) is 5.78 Å². The predicted molar refractivity (Wildman–Crippen MR) is 101 cm³/mol. The molecule has 0 spiro atoms. The Balaban J connectivity index is 1.87. The minimum atomic E-state index is 0.169. The SMILES string of the molecule is O=C1CCCCCCCCCCCCCC1Sc1ccccc1. The van der Waals surface area contributed by atoms with Crippen LogP contribution in [-0.4, -0.2) is 11.0 Å². The number of Topliss-reactive ketones (excluding diaryl/α,β-unsaturated/α-hetero) is 1. The van der Waals surface area contributed by atoms with E-state index in [1.54, 1.807) is 11.8 Å². The summed E-state index contributed by atoms with van der Waals surface area (Å²) in [5, 5.41) is 0.169. The van der Waals surface area contributed by atoms with Crippen LogP contribution in [0.1, 0.15) is 83.5 Å². The molecule has 0 saturated heterocycles. The zero-order valence-corrected chi connectivity index (χ0v) is 15.3. The van der Waals surface area contributed by atoms with Crippen molar-refractivity contribution in [1.82, 2.24) is 0 Å². The summed E-state index contributed by atoms with van der Waals surface area (Å²) in [7, 11) is 0. The highest BCUT2D eigenvalue weighted by Gasteiger charge is 2.19. The summed E-state index contributed by atoms with van der Waals surface area (Å²) in [4.78, 5) is 13.9. The van der Waals surface area contributed by atoms with Crippen LogP contribution in [0.2, 0.25) is 0 Å². The first-order valence-corrected chi connectivity index (χ1v) is 10.5. The summed E-state index contributed by atoms with van der Waals surface area (Å²) in [5.41, 5.74) is 0. The summed E-state index contributed by atoms with van der Waals surface area (Å²) in [6.07, 6.45) is 16.2. The first kappa shape index (κ1) is 18.6. The Morgan fingerprint density at radius 3 is 1.83 bits per heavy atom. The molecule has 128 valence electrons. The van der Waals surface area contributed by atoms with Crippen molar-refractivity contribution in [2.75, 3.05) is 0 Å². The van der Waals surface area contributed by atoms with Crippen LogP contribution in [0.5, 0.6) is 0 Å². The van der Waals surface area contributed by atoms with Gasteiger partial charge in [-0.2, -0.15) is 0 Å². The maximum absolute atomic E-state index is 12.6. The monoisotopic (exact) mass is 332 g/mol. The highest BCUT2D eigenvalue weighted by Crippen LogP contribution is 2.29. The van der Waals surface area contributed by atoms with Crippen LogP contribution in [0.15, 0.2) is 35.2 Å². The number of hydrogen-bond donors (Lipinski definition) is 0. The molecular formula is C21H32OS. The van der Waals surface area contributed by atoms with Crippen molar-refractivity contribution in [3.63, 3.8) is 0 Å². The Hall–Kier alpha value is -0.760. The first-order valence-electron chi connectivity index (χ1n) is 9.61. The second-order valence-corrected chi connectivity index (χ2v) is 8.09. The summed E-state index contributed by atoms with van der Waals surface area (Å²) >= 11 is 1.79. The second kappa shape index (κ2) is 11.7. The fraction of sp³-hybridized carbons (Fsp3) is 0.667. The molecule has 1 aromatic rings. The van der Waals surface area contributed by atoms with E-state index in [9.17, 15) is 4.79 Å². The highest BCUT2D eigenvalue weighted by atomic mass is 32.2. The third kappa shape index (κ3) is 8.06. The van der Waals surface area contributed by atoms with E-state index < -0.39 is 0 Å². The minimum absolute atomic E-state index is 0.169. The lowest BCUT2D eigenvalue weighted by Crippen LogP contribution is -2.17. The molecule has 23 heavy (non-hydrogen) atoms. The number of ketones is 1. The third-order valence-electron chi connectivity index (χ3n) is 4.77. The van der Waals surface area contributed by atoms with Gasteiger partial charge in [-0.05, 0) is 25.0 Å². The molecule has 1 nitrogen and oxygen atoms in total. The Labute approximate surface area is 146 Å². The molecule has 1 atom stereocenters. The number of benzene rings is 1. The molecule has 0 bridgehead atoms. The molecule has 2 heteroatoms. The average Bonchev–Trinajstić information content (AvgIpc) is 2.58. The zero-order chi connectivity index (χ0) is 16.2. The van der Waals surface area contributed by atoms with E-state index in [0.717, 1.165) is 19.3 Å². The number of carbonyl (C=O) groups is 1. The van der Waals surface area contributed by atoms with E-state index in [1.165, 1.54) is 69.1 Å². The van der Waals surface area contributed by atoms with Crippen LogP contribution in [0.25, 0.3) is 0 Å². The van der Waals surface area contributed by atoms with E-state index in [1.807, 2.05) is 6.07 Å². The zero-order valence-electron chi connectivity index (χ0n) is 14.5. The van der Waals surface area contributed by atoms with Gasteiger partial charge in [-0.25, -0.2) is 0 Å². The van der Waals surface area contributed by atoms with Crippen molar-refractivity contribution in [3.05, 3.63) is 30.3 Å². The maximum Gasteiger partial charge on any atom is 0.146 e. The molecule has 0 aromatic heterocycles. The molecule has 1 fully saturated rings. The Morgan fingerprint density at radius 2 is 1.22 bits per heavy atom. The van der Waals surface area contributed by atoms with Gasteiger partial charge in [0.2, 0.25) is 0 Å². The minimum Gasteiger partial charge on any atom is -0.298 e. The number of hydrogen-bond acceptors (Lipinski definition) is 2. The lowest BCUT2D eigenvalue weighted by atomic mass is 10.0. The van der Waals surface area contributed by atoms with E-state index in [0.29, 0.717) is 5.78 Å². The number of thioether (sulfide) groups is 1. The van der Waals surface area contributed by atoms with Crippen LogP contribution in [-0.2, 0) is 4.79 Å². The van der Waals surface area contributed by atoms with E-state index in [-0.39, 0.29) is 5.25 Å². The molecular weight excluding hydrogens is 300 g/mol. The lowest BCUT2D eigenvalue weighted by molar-refractivity contribution is -0.118. The summed E-state index contributed by atoms with van der Waals surface area (Å²) < 4.78 is 0. The van der Waals surface area contributed by atoms with Crippen LogP contribution >= 0.6 is 11.8 Å². The fourth-order valence-electron chi connectivity index (χ4n) is 3.33. The van der Waals surface area contributed by atoms with Gasteiger partial charge in [0, 0.05) is 11.3 Å². The summed E-state index contributed by atoms with van der Waals surface area (Å²) in [6, 6.07) is 10.4. The van der Waals surface area contributed by atoms with Crippen molar-refractivity contribution >= 4 is 17.5 Å². The molecule has 0 aliphatic heterocycles. The average molecular weight is 333 g/mol. The summed E-state index contributed by atoms with van der Waals surface area (Å²) in [5.74, 6) is 0.480. The van der Waals surface area contributed by atoms with Crippen molar-refractivity contribution in [3.8, 4) is 0 Å². The molecule has 0 N–H and O–H groups in total. The summed E-state index contributed by atoms with van der Waals surface area (Å²) in [6.45, 7) is 0. The Morgan fingerprint density at radius 1 is 0.696 bits per heavy atom. The van der Waals surface area contributed by atoms with E-state index >= 15 is 0 Å². The Kier molecular flexibility index (Phi) is 9.47. The number of rotatable bonds is 2. The van der Waals surface area contributed by atoms with Gasteiger partial charge in [-0.1, -0.05) is 82.4 Å². The molecule has 0 heterocycles. The van der Waals surface area contributed by atoms with Crippen molar-refractivity contribution in [2.24, 2.45) is 0 Å². The predicted octanol–water partition coefficient (Wildman–Crippen LogP) is 6.80. The smallest absolute Gasteiger partial charge is 0.146 e. The van der Waals surface area contributed by atoms with Gasteiger partial charge in [-0.3, -0.25) is 4.79 Å². The molecule has 1 aliphatic rings. The molecule has 1 unspecified atom stereocenters. The third-order valence-corrected chi connectivity index (χ3v) is 6.10. The topological polar surface area (TPSA) is 17.1 Å². The Bertz CT molecular complexity index is 429. The van der Waals surface area contributed by atoms with Gasteiger partial charge in [0.15, 0.2) is 0 Å². The largest absolute Gasteiger partial charge is 0.298 e. The number of carbonyl (C=O) groups excluding carboxylic acids is 1. The molecule has 1 aromatic carbocycles. The lowest BCUT2D eigenvalue weighted by Gasteiger charge is -2.15. The van der Waals surface area contributed by atoms with E-state index in [2.05, 4.69) is 24.3 Å². The van der Waals surface area contributed by atoms with Gasteiger partial charge in [-0.15, -0.1) is 11.8 Å². The quantitative estimate of drug-likeness (QED) is 0.592. The van der Waals surface area contributed by atoms with Gasteiger partial charge < -0.3 is 0 Å². The van der Waals surface area contributed by atoms with Gasteiger partial charge >= 0.3 is 0 Å². The molecule has 2 rings (SSSR count). The molecule has 1 saturated carbocycles. The van der Waals surface area contributed by atoms with Crippen LogP contribution < -0.4 is 0 Å². The van der Waals surface area contributed by atoms with E-state index in [4.69, 9.17) is 0 Å². The first-order chi connectivity index (χ1) is 11.4. The van der Waals surface area contributed by atoms with Gasteiger partial charge in [0.25, 0.3) is 0 Å². The maximum atomic E-state index is 12.6. The second-order valence-electron chi connectivity index (χ2n) is 6.81. The van der Waals surface area contributed by atoms with Crippen LogP contribution in [0, 0.1) is 0 Å². The van der Waals surface area contributed by atoms with Gasteiger partial charge in [0.05, 0.1) is 5.25 Å². The van der Waals surface area contributed by atoms with Crippen molar-refractivity contribution in [1.29, 1.82) is 0 Å². The fourth-order valence-corrected chi connectivity index (χ4v) is 4.51. The van der Waals surface area contributed by atoms with Crippen molar-refractivity contribution < 1.29 is 4.79 Å². The van der Waals surface area contributed by atoms with Crippen LogP contribution in [0.3, 0.4) is 0 Å². The molecule has 0 amide bonds.